The predicted octanol–water partition coefficient (Wildman–Crippen LogP) is 4.41. The van der Waals surface area contributed by atoms with Gasteiger partial charge >= 0.3 is 0 Å². The van der Waals surface area contributed by atoms with Crippen LogP contribution in [0.15, 0.2) is 53.0 Å². The van der Waals surface area contributed by atoms with Gasteiger partial charge in [0.1, 0.15) is 12.1 Å². The van der Waals surface area contributed by atoms with Gasteiger partial charge in [0, 0.05) is 42.9 Å². The van der Waals surface area contributed by atoms with Crippen molar-refractivity contribution in [3.8, 4) is 11.1 Å². The molecule has 2 aromatic carbocycles. The summed E-state index contributed by atoms with van der Waals surface area (Å²) in [5.74, 6) is 0.915. The van der Waals surface area contributed by atoms with Crippen molar-refractivity contribution in [2.24, 2.45) is 4.99 Å². The van der Waals surface area contributed by atoms with Crippen LogP contribution in [-0.4, -0.2) is 42.6 Å². The van der Waals surface area contributed by atoms with Crippen LogP contribution >= 0.6 is 0 Å². The Labute approximate surface area is 171 Å². The van der Waals surface area contributed by atoms with Crippen molar-refractivity contribution in [3.63, 3.8) is 0 Å². The van der Waals surface area contributed by atoms with Gasteiger partial charge in [0.15, 0.2) is 0 Å². The molecular formula is C24H25N3O2. The molecule has 0 atom stereocenters. The van der Waals surface area contributed by atoms with Gasteiger partial charge in [0.25, 0.3) is 5.91 Å². The van der Waals surface area contributed by atoms with Crippen LogP contribution in [-0.2, 0) is 4.79 Å². The van der Waals surface area contributed by atoms with E-state index >= 15 is 0 Å². The first kappa shape index (κ1) is 19.1. The molecule has 0 saturated carbocycles. The minimum absolute atomic E-state index is 0.115. The first-order chi connectivity index (χ1) is 14.2. The number of rotatable bonds is 4. The quantitative estimate of drug-likeness (QED) is 0.791. The second-order valence-corrected chi connectivity index (χ2v) is 7.44. The Morgan fingerprint density at radius 3 is 2.52 bits per heavy atom. The lowest BCUT2D eigenvalue weighted by atomic mass is 10.00. The maximum absolute atomic E-state index is 12.5. The number of benzene rings is 2. The molecule has 2 heterocycles. The van der Waals surface area contributed by atoms with E-state index < -0.39 is 0 Å². The van der Waals surface area contributed by atoms with Crippen LogP contribution in [0.5, 0.6) is 0 Å². The molecule has 1 fully saturated rings. The number of carbonyl (C=O) groups is 2. The van der Waals surface area contributed by atoms with Crippen molar-refractivity contribution in [3.05, 3.63) is 59.2 Å². The molecule has 0 unspecified atom stereocenters. The highest BCUT2D eigenvalue weighted by atomic mass is 16.2. The molecule has 1 amide bonds. The van der Waals surface area contributed by atoms with Gasteiger partial charge in [-0.1, -0.05) is 24.3 Å². The molecule has 2 aromatic rings. The second-order valence-electron chi connectivity index (χ2n) is 7.44. The predicted molar refractivity (Wildman–Crippen MR) is 117 cm³/mol. The third-order valence-electron chi connectivity index (χ3n) is 5.40. The fourth-order valence-corrected chi connectivity index (χ4v) is 3.88. The average molecular weight is 387 g/mol. The summed E-state index contributed by atoms with van der Waals surface area (Å²) < 4.78 is 0. The topological polar surface area (TPSA) is 61.8 Å². The highest BCUT2D eigenvalue weighted by Gasteiger charge is 2.19. The lowest BCUT2D eigenvalue weighted by Gasteiger charge is -2.15. The Hall–Kier alpha value is -3.21. The smallest absolute Gasteiger partial charge is 0.253 e. The molecule has 0 bridgehead atoms. The van der Waals surface area contributed by atoms with Gasteiger partial charge in [0.2, 0.25) is 0 Å². The maximum Gasteiger partial charge on any atom is 0.253 e. The molecule has 0 radical (unpaired) electrons. The van der Waals surface area contributed by atoms with Crippen LogP contribution in [0.4, 0.5) is 5.69 Å². The van der Waals surface area contributed by atoms with E-state index in [1.165, 1.54) is 0 Å². The number of carbonyl (C=O) groups excluding carboxylic acids is 2. The summed E-state index contributed by atoms with van der Waals surface area (Å²) in [5.41, 5.74) is 5.45. The normalized spacial score (nSPS) is 17.3. The van der Waals surface area contributed by atoms with Crippen LogP contribution in [0.2, 0.25) is 0 Å². The van der Waals surface area contributed by atoms with E-state index in [-0.39, 0.29) is 5.91 Å². The zero-order chi connectivity index (χ0) is 20.2. The highest BCUT2D eigenvalue weighted by Crippen LogP contribution is 2.30. The minimum Gasteiger partial charge on any atom is -0.343 e. The van der Waals surface area contributed by atoms with Gasteiger partial charge in [-0.25, -0.2) is 0 Å². The molecule has 5 nitrogen and oxygen atoms in total. The lowest BCUT2D eigenvalue weighted by molar-refractivity contribution is -0.104. The molecule has 4 rings (SSSR count). The van der Waals surface area contributed by atoms with Crippen LogP contribution in [0, 0.1) is 0 Å². The molecule has 2 aliphatic heterocycles. The summed E-state index contributed by atoms with van der Waals surface area (Å²) >= 11 is 0. The summed E-state index contributed by atoms with van der Waals surface area (Å²) in [6, 6.07) is 13.9. The van der Waals surface area contributed by atoms with Crippen LogP contribution in [0.3, 0.4) is 0 Å². The van der Waals surface area contributed by atoms with Crippen LogP contribution in [0.25, 0.3) is 17.2 Å². The Morgan fingerprint density at radius 2 is 1.83 bits per heavy atom. The summed E-state index contributed by atoms with van der Waals surface area (Å²) in [7, 11) is 0. The molecule has 2 aliphatic rings. The van der Waals surface area contributed by atoms with Crippen LogP contribution in [0.1, 0.15) is 42.1 Å². The number of nitrogens with one attached hydrogen (secondary N) is 1. The highest BCUT2D eigenvalue weighted by molar-refractivity contribution is 6.06. The van der Waals surface area contributed by atoms with E-state index in [2.05, 4.69) is 16.4 Å². The Morgan fingerprint density at radius 1 is 1.10 bits per heavy atom. The summed E-state index contributed by atoms with van der Waals surface area (Å²) in [5, 5.41) is 3.38. The van der Waals surface area contributed by atoms with Crippen molar-refractivity contribution in [1.82, 2.24) is 4.90 Å². The Bertz CT molecular complexity index is 984. The fourth-order valence-electron chi connectivity index (χ4n) is 3.88. The first-order valence-electron chi connectivity index (χ1n) is 10.2. The maximum atomic E-state index is 12.5. The Kier molecular flexibility index (Phi) is 5.56. The largest absolute Gasteiger partial charge is 0.343 e. The number of fused-ring (bicyclic) bond motifs is 1. The van der Waals surface area contributed by atoms with Gasteiger partial charge < -0.3 is 10.2 Å². The van der Waals surface area contributed by atoms with Gasteiger partial charge in [-0.15, -0.1) is 0 Å². The number of hydrogen-bond acceptors (Lipinski definition) is 3. The van der Waals surface area contributed by atoms with Crippen molar-refractivity contribution in [2.75, 3.05) is 25.0 Å². The molecule has 0 aliphatic carbocycles. The van der Waals surface area contributed by atoms with E-state index in [0.717, 1.165) is 66.0 Å². The number of hydrogen-bond donors (Lipinski definition) is 1. The average Bonchev–Trinajstić information content (AvgIpc) is 3.22. The lowest BCUT2D eigenvalue weighted by Crippen LogP contribution is -2.27. The molecule has 1 saturated heterocycles. The number of amides is 1. The summed E-state index contributed by atoms with van der Waals surface area (Å²) in [6.07, 6.45) is 5.50. The Balaban J connectivity index is 1.62. The van der Waals surface area contributed by atoms with E-state index in [0.29, 0.717) is 18.5 Å². The molecular weight excluding hydrogens is 362 g/mol. The third kappa shape index (κ3) is 4.14. The van der Waals surface area contributed by atoms with Crippen molar-refractivity contribution < 1.29 is 9.59 Å². The number of likely N-dealkylation sites (tertiary alicyclic amines) is 1. The van der Waals surface area contributed by atoms with Crippen molar-refractivity contribution in [2.45, 2.75) is 26.2 Å². The van der Waals surface area contributed by atoms with Crippen molar-refractivity contribution >= 4 is 29.8 Å². The number of anilines is 1. The van der Waals surface area contributed by atoms with E-state index in [4.69, 9.17) is 0 Å². The van der Waals surface area contributed by atoms with E-state index in [9.17, 15) is 9.59 Å². The zero-order valence-electron chi connectivity index (χ0n) is 16.6. The molecule has 0 aromatic heterocycles. The monoisotopic (exact) mass is 387 g/mol. The van der Waals surface area contributed by atoms with Gasteiger partial charge in [0.05, 0.1) is 0 Å². The molecule has 29 heavy (non-hydrogen) atoms. The fraction of sp³-hybridized carbons (Fsp3) is 0.292. The summed E-state index contributed by atoms with van der Waals surface area (Å²) in [6.45, 7) is 4.35. The molecule has 5 heteroatoms. The summed E-state index contributed by atoms with van der Waals surface area (Å²) in [4.78, 5) is 30.3. The molecule has 1 N–H and O–H groups in total. The first-order valence-corrected chi connectivity index (χ1v) is 10.2. The zero-order valence-corrected chi connectivity index (χ0v) is 16.6. The minimum atomic E-state index is 0.115. The van der Waals surface area contributed by atoms with Gasteiger partial charge in [-0.3, -0.25) is 14.6 Å². The second kappa shape index (κ2) is 8.43. The van der Waals surface area contributed by atoms with Gasteiger partial charge in [-0.05, 0) is 60.7 Å². The molecule has 0 spiro atoms. The third-order valence-corrected chi connectivity index (χ3v) is 5.40. The van der Waals surface area contributed by atoms with Crippen LogP contribution < -0.4 is 5.32 Å². The van der Waals surface area contributed by atoms with E-state index in [1.54, 1.807) is 0 Å². The van der Waals surface area contributed by atoms with E-state index in [1.807, 2.05) is 54.3 Å². The number of aldehydes is 1. The number of aliphatic imine (C=N–C) groups is 1. The standard InChI is InChI=1S/C24H25N3O2/c1-2-25-23-14-17(16-28)13-21-10-9-20(15-22(21)26-23)18-5-7-19(8-6-18)24(29)27-11-3-4-12-27/h5-10,13,15-16H,2-4,11-12,14H2,1H3,(H,25,26). The molecule has 148 valence electrons. The number of amidine groups is 1. The SMILES string of the molecule is CCN=C1CC(C=O)=Cc2ccc(-c3ccc(C(=O)N4CCCC4)cc3)cc2N1. The van der Waals surface area contributed by atoms with Gasteiger partial charge in [-0.2, -0.15) is 0 Å². The number of nitrogens with zero attached hydrogens (tertiary/aromatic N) is 2. The van der Waals surface area contributed by atoms with Crippen molar-refractivity contribution in [1.29, 1.82) is 0 Å².